The monoisotopic (exact) mass is 359 g/mol. The predicted octanol–water partition coefficient (Wildman–Crippen LogP) is 2.12. The highest BCUT2D eigenvalue weighted by molar-refractivity contribution is 7.88. The van der Waals surface area contributed by atoms with E-state index in [9.17, 15) is 13.2 Å². The number of carbonyl (C=O) groups excluding carboxylic acids is 1. The first-order chi connectivity index (χ1) is 10.8. The van der Waals surface area contributed by atoms with Crippen LogP contribution in [0, 0.1) is 0 Å². The van der Waals surface area contributed by atoms with Crippen molar-refractivity contribution in [2.75, 3.05) is 19.3 Å². The lowest BCUT2D eigenvalue weighted by Crippen LogP contribution is -2.49. The van der Waals surface area contributed by atoms with E-state index in [0.717, 1.165) is 5.56 Å². The molecule has 0 aromatic heterocycles. The van der Waals surface area contributed by atoms with Crippen LogP contribution in [-0.2, 0) is 10.0 Å². The quantitative estimate of drug-likeness (QED) is 0.864. The van der Waals surface area contributed by atoms with Crippen molar-refractivity contribution in [2.45, 2.75) is 31.8 Å². The van der Waals surface area contributed by atoms with Gasteiger partial charge in [0.2, 0.25) is 10.0 Å². The SMILES string of the molecule is C[C@@H](NC(=O)NC1CCN(S(C)(=O)=O)CC1)c1ccccc1Cl. The zero-order valence-electron chi connectivity index (χ0n) is 13.3. The van der Waals surface area contributed by atoms with Crippen molar-refractivity contribution in [3.63, 3.8) is 0 Å². The van der Waals surface area contributed by atoms with Gasteiger partial charge in [-0.05, 0) is 31.4 Å². The lowest BCUT2D eigenvalue weighted by molar-refractivity contribution is 0.225. The van der Waals surface area contributed by atoms with Crippen molar-refractivity contribution in [3.05, 3.63) is 34.9 Å². The molecule has 2 amide bonds. The molecule has 0 unspecified atom stereocenters. The minimum atomic E-state index is -3.15. The number of carbonyl (C=O) groups is 1. The third-order valence-corrected chi connectivity index (χ3v) is 5.62. The van der Waals surface area contributed by atoms with Gasteiger partial charge < -0.3 is 10.6 Å². The van der Waals surface area contributed by atoms with Crippen molar-refractivity contribution in [2.24, 2.45) is 0 Å². The van der Waals surface area contributed by atoms with Crippen molar-refractivity contribution >= 4 is 27.7 Å². The van der Waals surface area contributed by atoms with E-state index in [1.807, 2.05) is 25.1 Å². The second-order valence-corrected chi connectivity index (χ2v) is 8.19. The van der Waals surface area contributed by atoms with E-state index in [-0.39, 0.29) is 18.1 Å². The van der Waals surface area contributed by atoms with E-state index >= 15 is 0 Å². The van der Waals surface area contributed by atoms with Crippen LogP contribution in [0.25, 0.3) is 0 Å². The van der Waals surface area contributed by atoms with Crippen molar-refractivity contribution < 1.29 is 13.2 Å². The Morgan fingerprint density at radius 1 is 1.30 bits per heavy atom. The number of hydrogen-bond donors (Lipinski definition) is 2. The Kier molecular flexibility index (Phi) is 5.89. The number of benzene rings is 1. The second-order valence-electron chi connectivity index (χ2n) is 5.80. The van der Waals surface area contributed by atoms with Crippen LogP contribution in [0.5, 0.6) is 0 Å². The second kappa shape index (κ2) is 7.51. The van der Waals surface area contributed by atoms with Crippen LogP contribution in [0.4, 0.5) is 4.79 Å². The molecular formula is C15H22ClN3O3S. The normalized spacial score (nSPS) is 18.4. The summed E-state index contributed by atoms with van der Waals surface area (Å²) in [7, 11) is -3.15. The third kappa shape index (κ3) is 5.09. The summed E-state index contributed by atoms with van der Waals surface area (Å²) in [4.78, 5) is 12.1. The molecule has 1 heterocycles. The molecule has 1 fully saturated rings. The summed E-state index contributed by atoms with van der Waals surface area (Å²) < 4.78 is 24.4. The zero-order valence-corrected chi connectivity index (χ0v) is 14.8. The average molecular weight is 360 g/mol. The standard InChI is InChI=1S/C15H22ClN3O3S/c1-11(13-5-3-4-6-14(13)16)17-15(20)18-12-7-9-19(10-8-12)23(2,21)22/h3-6,11-12H,7-10H2,1-2H3,(H2,17,18,20)/t11-/m1/s1. The fraction of sp³-hybridized carbons (Fsp3) is 0.533. The van der Waals surface area contributed by atoms with Crippen LogP contribution < -0.4 is 10.6 Å². The molecule has 1 aliphatic heterocycles. The Labute approximate surface area is 142 Å². The van der Waals surface area contributed by atoms with Gasteiger partial charge in [-0.2, -0.15) is 0 Å². The fourth-order valence-electron chi connectivity index (χ4n) is 2.66. The zero-order chi connectivity index (χ0) is 17.0. The average Bonchev–Trinajstić information content (AvgIpc) is 2.47. The number of hydrogen-bond acceptors (Lipinski definition) is 3. The van der Waals surface area contributed by atoms with Crippen LogP contribution in [0.2, 0.25) is 5.02 Å². The molecule has 23 heavy (non-hydrogen) atoms. The Morgan fingerprint density at radius 2 is 1.91 bits per heavy atom. The van der Waals surface area contributed by atoms with Gasteiger partial charge in [0.15, 0.2) is 0 Å². The molecular weight excluding hydrogens is 338 g/mol. The van der Waals surface area contributed by atoms with Gasteiger partial charge in [-0.15, -0.1) is 0 Å². The Bertz CT molecular complexity index is 658. The number of halogens is 1. The highest BCUT2D eigenvalue weighted by atomic mass is 35.5. The molecule has 0 radical (unpaired) electrons. The molecule has 0 bridgehead atoms. The number of nitrogens with one attached hydrogen (secondary N) is 2. The smallest absolute Gasteiger partial charge is 0.315 e. The summed E-state index contributed by atoms with van der Waals surface area (Å²) in [5, 5.41) is 6.37. The molecule has 1 aromatic rings. The van der Waals surface area contributed by atoms with E-state index in [1.54, 1.807) is 6.07 Å². The number of piperidine rings is 1. The molecule has 1 aliphatic rings. The highest BCUT2D eigenvalue weighted by Crippen LogP contribution is 2.22. The van der Waals surface area contributed by atoms with Gasteiger partial charge in [-0.25, -0.2) is 17.5 Å². The maximum Gasteiger partial charge on any atom is 0.315 e. The molecule has 2 N–H and O–H groups in total. The third-order valence-electron chi connectivity index (χ3n) is 3.98. The Balaban J connectivity index is 1.83. The Hall–Kier alpha value is -1.31. The van der Waals surface area contributed by atoms with E-state index in [4.69, 9.17) is 11.6 Å². The van der Waals surface area contributed by atoms with Crippen LogP contribution in [-0.4, -0.2) is 44.1 Å². The van der Waals surface area contributed by atoms with E-state index in [2.05, 4.69) is 10.6 Å². The first-order valence-electron chi connectivity index (χ1n) is 7.54. The summed E-state index contributed by atoms with van der Waals surface area (Å²) in [5.41, 5.74) is 0.858. The summed E-state index contributed by atoms with van der Waals surface area (Å²) in [6.45, 7) is 2.74. The van der Waals surface area contributed by atoms with E-state index in [0.29, 0.717) is 31.0 Å². The minimum Gasteiger partial charge on any atom is -0.335 e. The molecule has 0 saturated carbocycles. The van der Waals surface area contributed by atoms with Gasteiger partial charge in [0.25, 0.3) is 0 Å². The van der Waals surface area contributed by atoms with Crippen molar-refractivity contribution in [1.29, 1.82) is 0 Å². The van der Waals surface area contributed by atoms with Crippen LogP contribution in [0.3, 0.4) is 0 Å². The van der Waals surface area contributed by atoms with Gasteiger partial charge in [0, 0.05) is 24.2 Å². The maximum atomic E-state index is 12.1. The van der Waals surface area contributed by atoms with Crippen LogP contribution in [0.1, 0.15) is 31.4 Å². The molecule has 128 valence electrons. The number of urea groups is 1. The van der Waals surface area contributed by atoms with E-state index in [1.165, 1.54) is 10.6 Å². The molecule has 1 saturated heterocycles. The lowest BCUT2D eigenvalue weighted by atomic mass is 10.1. The molecule has 0 aliphatic carbocycles. The molecule has 8 heteroatoms. The number of amides is 2. The van der Waals surface area contributed by atoms with Gasteiger partial charge >= 0.3 is 6.03 Å². The molecule has 1 aromatic carbocycles. The van der Waals surface area contributed by atoms with Crippen molar-refractivity contribution in [3.8, 4) is 0 Å². The van der Waals surface area contributed by atoms with Gasteiger partial charge in [0.05, 0.1) is 12.3 Å². The summed E-state index contributed by atoms with van der Waals surface area (Å²) in [6, 6.07) is 6.87. The highest BCUT2D eigenvalue weighted by Gasteiger charge is 2.26. The largest absolute Gasteiger partial charge is 0.335 e. The lowest BCUT2D eigenvalue weighted by Gasteiger charge is -2.31. The van der Waals surface area contributed by atoms with Crippen LogP contribution >= 0.6 is 11.6 Å². The Morgan fingerprint density at radius 3 is 2.48 bits per heavy atom. The number of sulfonamides is 1. The number of rotatable bonds is 4. The molecule has 0 spiro atoms. The first-order valence-corrected chi connectivity index (χ1v) is 9.76. The summed E-state index contributed by atoms with van der Waals surface area (Å²) >= 11 is 6.12. The van der Waals surface area contributed by atoms with Crippen LogP contribution in [0.15, 0.2) is 24.3 Å². The first kappa shape index (κ1) is 18.0. The maximum absolute atomic E-state index is 12.1. The minimum absolute atomic E-state index is 0.0218. The molecule has 6 nitrogen and oxygen atoms in total. The summed E-state index contributed by atoms with van der Waals surface area (Å²) in [6.07, 6.45) is 2.43. The summed E-state index contributed by atoms with van der Waals surface area (Å²) in [5.74, 6) is 0. The predicted molar refractivity (Wildman–Crippen MR) is 91.0 cm³/mol. The topological polar surface area (TPSA) is 78.5 Å². The van der Waals surface area contributed by atoms with E-state index < -0.39 is 10.0 Å². The number of nitrogens with zero attached hydrogens (tertiary/aromatic N) is 1. The molecule has 2 rings (SSSR count). The van der Waals surface area contributed by atoms with Gasteiger partial charge in [-0.3, -0.25) is 0 Å². The van der Waals surface area contributed by atoms with Gasteiger partial charge in [0.1, 0.15) is 0 Å². The molecule has 1 atom stereocenters. The van der Waals surface area contributed by atoms with Crippen molar-refractivity contribution in [1.82, 2.24) is 14.9 Å². The fourth-order valence-corrected chi connectivity index (χ4v) is 3.83. The van der Waals surface area contributed by atoms with Gasteiger partial charge in [-0.1, -0.05) is 29.8 Å².